The fourth-order valence-corrected chi connectivity index (χ4v) is 3.71. The van der Waals surface area contributed by atoms with Crippen LogP contribution in [-0.4, -0.2) is 18.5 Å². The van der Waals surface area contributed by atoms with E-state index in [0.717, 1.165) is 52.8 Å². The van der Waals surface area contributed by atoms with Crippen LogP contribution in [0.1, 0.15) is 89.2 Å². The van der Waals surface area contributed by atoms with Gasteiger partial charge >= 0.3 is 0 Å². The lowest BCUT2D eigenvalue weighted by Crippen LogP contribution is -2.11. The van der Waals surface area contributed by atoms with Gasteiger partial charge in [-0.05, 0) is 86.1 Å². The van der Waals surface area contributed by atoms with Crippen molar-refractivity contribution < 1.29 is 4.79 Å². The Morgan fingerprint density at radius 1 is 1.14 bits per heavy atom. The zero-order valence-electron chi connectivity index (χ0n) is 18.6. The second kappa shape index (κ2) is 10.2. The third-order valence-electron chi connectivity index (χ3n) is 5.91. The van der Waals surface area contributed by atoms with Crippen LogP contribution in [0.2, 0.25) is 0 Å². The normalized spacial score (nSPS) is 12.5. The Hall–Kier alpha value is -2.73. The molecule has 3 nitrogen and oxygen atoms in total. The van der Waals surface area contributed by atoms with Crippen molar-refractivity contribution in [3.05, 3.63) is 69.3 Å². The lowest BCUT2D eigenvalue weighted by atomic mass is 9.85. The molecule has 2 aromatic rings. The number of Topliss-reactive ketones (excluding diaryl/α,β-unsaturated/α-hetero) is 1. The first-order valence-corrected chi connectivity index (χ1v) is 10.4. The Labute approximate surface area is 175 Å². The Balaban J connectivity index is 2.38. The first-order valence-electron chi connectivity index (χ1n) is 10.4. The van der Waals surface area contributed by atoms with Crippen LogP contribution < -0.4 is 0 Å². The summed E-state index contributed by atoms with van der Waals surface area (Å²) in [5.74, 6) is 0.277. The molecule has 0 aliphatic rings. The molecule has 0 saturated heterocycles. The quantitative estimate of drug-likeness (QED) is 0.384. The highest BCUT2D eigenvalue weighted by Crippen LogP contribution is 2.30. The molecule has 2 aromatic carbocycles. The van der Waals surface area contributed by atoms with Crippen molar-refractivity contribution in [1.82, 2.24) is 0 Å². The highest BCUT2D eigenvalue weighted by Gasteiger charge is 2.19. The van der Waals surface area contributed by atoms with Crippen LogP contribution in [0.25, 0.3) is 0 Å². The van der Waals surface area contributed by atoms with Gasteiger partial charge in [-0.15, -0.1) is 0 Å². The molecule has 0 heterocycles. The number of hydrogen-bond acceptors (Lipinski definition) is 3. The van der Waals surface area contributed by atoms with Gasteiger partial charge in [0.15, 0.2) is 5.78 Å². The Morgan fingerprint density at radius 2 is 1.86 bits per heavy atom. The molecule has 152 valence electrons. The summed E-state index contributed by atoms with van der Waals surface area (Å²) in [7, 11) is 1.78. The molecule has 0 amide bonds. The average molecular weight is 389 g/mol. The highest BCUT2D eigenvalue weighted by molar-refractivity contribution is 6.04. The van der Waals surface area contributed by atoms with Gasteiger partial charge in [0.25, 0.3) is 0 Å². The third-order valence-corrected chi connectivity index (χ3v) is 5.91. The van der Waals surface area contributed by atoms with Crippen LogP contribution in [0.15, 0.2) is 35.3 Å². The van der Waals surface area contributed by atoms with Gasteiger partial charge in [-0.2, -0.15) is 5.26 Å². The van der Waals surface area contributed by atoms with E-state index < -0.39 is 0 Å². The standard InChI is InChI=1S/C26H32N2O/c1-7-8-9-21(22-11-10-17(2)24(13-22)16-27)15-26(29)23-12-18(3)19(4)25(14-23)20(5)28-6/h10-14,21H,7-9,15H2,1-6H3/t21-/m0/s1. The monoisotopic (exact) mass is 388 g/mol. The maximum Gasteiger partial charge on any atom is 0.163 e. The van der Waals surface area contributed by atoms with Crippen LogP contribution in [0.4, 0.5) is 0 Å². The van der Waals surface area contributed by atoms with E-state index in [4.69, 9.17) is 0 Å². The van der Waals surface area contributed by atoms with E-state index >= 15 is 0 Å². The first-order chi connectivity index (χ1) is 13.8. The molecule has 0 spiro atoms. The summed E-state index contributed by atoms with van der Waals surface area (Å²) >= 11 is 0. The number of hydrogen-bond donors (Lipinski definition) is 0. The average Bonchev–Trinajstić information content (AvgIpc) is 2.72. The van der Waals surface area contributed by atoms with E-state index in [-0.39, 0.29) is 11.7 Å². The Kier molecular flexibility index (Phi) is 7.91. The van der Waals surface area contributed by atoms with E-state index in [1.54, 1.807) is 7.05 Å². The maximum absolute atomic E-state index is 13.2. The Bertz CT molecular complexity index is 963. The van der Waals surface area contributed by atoms with Crippen molar-refractivity contribution in [2.45, 2.75) is 66.2 Å². The van der Waals surface area contributed by atoms with Crippen LogP contribution in [-0.2, 0) is 0 Å². The SMILES string of the molecule is CCCC[C@@H](CC(=O)c1cc(C)c(C)c(C(C)=NC)c1)c1ccc(C)c(C#N)c1. The molecule has 2 rings (SSSR count). The summed E-state index contributed by atoms with van der Waals surface area (Å²) in [6, 6.07) is 12.3. The number of nitriles is 1. The summed E-state index contributed by atoms with van der Waals surface area (Å²) in [5.41, 5.74) is 7.78. The molecule has 3 heteroatoms. The molecule has 0 saturated carbocycles. The minimum absolute atomic E-state index is 0.126. The maximum atomic E-state index is 13.2. The molecule has 0 aliphatic carbocycles. The van der Waals surface area contributed by atoms with E-state index in [2.05, 4.69) is 31.0 Å². The van der Waals surface area contributed by atoms with Crippen LogP contribution in [0, 0.1) is 32.1 Å². The fourth-order valence-electron chi connectivity index (χ4n) is 3.71. The predicted molar refractivity (Wildman–Crippen MR) is 121 cm³/mol. The van der Waals surface area contributed by atoms with Crippen molar-refractivity contribution in [1.29, 1.82) is 5.26 Å². The van der Waals surface area contributed by atoms with Crippen molar-refractivity contribution in [2.24, 2.45) is 4.99 Å². The van der Waals surface area contributed by atoms with E-state index in [1.807, 2.05) is 45.0 Å². The number of carbonyl (C=O) groups is 1. The third kappa shape index (κ3) is 5.41. The molecule has 0 aromatic heterocycles. The molecular formula is C26H32N2O. The van der Waals surface area contributed by atoms with E-state index in [1.165, 1.54) is 5.56 Å². The largest absolute Gasteiger partial charge is 0.294 e. The zero-order chi connectivity index (χ0) is 21.6. The summed E-state index contributed by atoms with van der Waals surface area (Å²) in [6.45, 7) is 10.2. The van der Waals surface area contributed by atoms with E-state index in [0.29, 0.717) is 12.0 Å². The van der Waals surface area contributed by atoms with Crippen LogP contribution in [0.5, 0.6) is 0 Å². The molecule has 29 heavy (non-hydrogen) atoms. The number of carbonyl (C=O) groups excluding carboxylic acids is 1. The smallest absolute Gasteiger partial charge is 0.163 e. The molecule has 1 atom stereocenters. The van der Waals surface area contributed by atoms with Gasteiger partial charge in [0.2, 0.25) is 0 Å². The summed E-state index contributed by atoms with van der Waals surface area (Å²) in [5, 5.41) is 9.39. The van der Waals surface area contributed by atoms with Crippen LogP contribution in [0.3, 0.4) is 0 Å². The summed E-state index contributed by atoms with van der Waals surface area (Å²) in [6.07, 6.45) is 3.55. The van der Waals surface area contributed by atoms with Crippen molar-refractivity contribution in [3.8, 4) is 6.07 Å². The van der Waals surface area contributed by atoms with Crippen molar-refractivity contribution >= 4 is 11.5 Å². The zero-order valence-corrected chi connectivity index (χ0v) is 18.6. The summed E-state index contributed by atoms with van der Waals surface area (Å²) in [4.78, 5) is 17.5. The molecular weight excluding hydrogens is 356 g/mol. The molecule has 0 aliphatic heterocycles. The minimum atomic E-state index is 0.126. The van der Waals surface area contributed by atoms with Crippen molar-refractivity contribution in [2.75, 3.05) is 7.05 Å². The molecule has 0 unspecified atom stereocenters. The molecule has 0 radical (unpaired) electrons. The highest BCUT2D eigenvalue weighted by atomic mass is 16.1. The van der Waals surface area contributed by atoms with Crippen molar-refractivity contribution in [3.63, 3.8) is 0 Å². The van der Waals surface area contributed by atoms with Gasteiger partial charge in [0, 0.05) is 24.7 Å². The topological polar surface area (TPSA) is 53.2 Å². The number of unbranched alkanes of at least 4 members (excludes halogenated alkanes) is 1. The first kappa shape index (κ1) is 22.6. The van der Waals surface area contributed by atoms with Gasteiger partial charge in [-0.3, -0.25) is 9.79 Å². The summed E-state index contributed by atoms with van der Waals surface area (Å²) < 4.78 is 0. The van der Waals surface area contributed by atoms with Gasteiger partial charge in [-0.1, -0.05) is 31.9 Å². The van der Waals surface area contributed by atoms with Gasteiger partial charge in [0.1, 0.15) is 0 Å². The van der Waals surface area contributed by atoms with Gasteiger partial charge in [-0.25, -0.2) is 0 Å². The van der Waals surface area contributed by atoms with Gasteiger partial charge < -0.3 is 0 Å². The second-order valence-electron chi connectivity index (χ2n) is 7.93. The number of benzene rings is 2. The number of aliphatic imine (C=N–C) groups is 1. The van der Waals surface area contributed by atoms with Gasteiger partial charge in [0.05, 0.1) is 11.6 Å². The number of nitrogens with zero attached hydrogens (tertiary/aromatic N) is 2. The number of ketones is 1. The Morgan fingerprint density at radius 3 is 2.48 bits per heavy atom. The number of rotatable bonds is 8. The molecule has 0 N–H and O–H groups in total. The second-order valence-corrected chi connectivity index (χ2v) is 7.93. The lowest BCUT2D eigenvalue weighted by Gasteiger charge is -2.18. The minimum Gasteiger partial charge on any atom is -0.294 e. The van der Waals surface area contributed by atoms with Crippen LogP contribution >= 0.6 is 0 Å². The lowest BCUT2D eigenvalue weighted by molar-refractivity contribution is 0.0971. The van der Waals surface area contributed by atoms with E-state index in [9.17, 15) is 10.1 Å². The fraction of sp³-hybridized carbons (Fsp3) is 0.423. The molecule has 0 fully saturated rings. The number of aryl methyl sites for hydroxylation is 2. The molecule has 0 bridgehead atoms. The predicted octanol–water partition coefficient (Wildman–Crippen LogP) is 6.47.